The van der Waals surface area contributed by atoms with Gasteiger partial charge in [0.2, 0.25) is 0 Å². The third-order valence-electron chi connectivity index (χ3n) is 3.51. The summed E-state index contributed by atoms with van der Waals surface area (Å²) in [7, 11) is 5.90. The van der Waals surface area contributed by atoms with Crippen LogP contribution in [0.1, 0.15) is 16.7 Å². The number of hydrogen-bond donors (Lipinski definition) is 0. The average Bonchev–Trinajstić information content (AvgIpc) is 2.41. The minimum absolute atomic E-state index is 0.954. The number of ether oxygens (including phenoxy) is 1. The average molecular weight is 269 g/mol. The lowest BCUT2D eigenvalue weighted by atomic mass is 9.97. The Morgan fingerprint density at radius 3 is 2.15 bits per heavy atom. The molecule has 2 heteroatoms. The van der Waals surface area contributed by atoms with Gasteiger partial charge in [-0.3, -0.25) is 0 Å². The molecule has 0 aliphatic heterocycles. The summed E-state index contributed by atoms with van der Waals surface area (Å²) >= 11 is 0. The first-order chi connectivity index (χ1) is 9.51. The van der Waals surface area contributed by atoms with E-state index < -0.39 is 0 Å². The van der Waals surface area contributed by atoms with Crippen LogP contribution in [0.15, 0.2) is 36.4 Å². The Kier molecular flexibility index (Phi) is 4.46. The van der Waals surface area contributed by atoms with Crippen molar-refractivity contribution in [1.29, 1.82) is 0 Å². The van der Waals surface area contributed by atoms with Gasteiger partial charge in [-0.1, -0.05) is 24.3 Å². The first-order valence-corrected chi connectivity index (χ1v) is 6.90. The molecule has 0 bridgehead atoms. The van der Waals surface area contributed by atoms with Crippen LogP contribution in [0.5, 0.6) is 5.75 Å². The number of aryl methyl sites for hydroxylation is 2. The molecule has 0 fully saturated rings. The minimum atomic E-state index is 0.954. The second-order valence-electron chi connectivity index (χ2n) is 5.57. The molecule has 0 radical (unpaired) electrons. The van der Waals surface area contributed by atoms with Crippen LogP contribution in [0, 0.1) is 13.8 Å². The second-order valence-corrected chi connectivity index (χ2v) is 5.57. The van der Waals surface area contributed by atoms with Crippen LogP contribution in [0.4, 0.5) is 0 Å². The third-order valence-corrected chi connectivity index (χ3v) is 3.51. The molecule has 0 aliphatic carbocycles. The molecular formula is C18H23NO. The van der Waals surface area contributed by atoms with Gasteiger partial charge >= 0.3 is 0 Å². The highest BCUT2D eigenvalue weighted by Crippen LogP contribution is 2.30. The van der Waals surface area contributed by atoms with Crippen molar-refractivity contribution in [3.63, 3.8) is 0 Å². The van der Waals surface area contributed by atoms with Gasteiger partial charge in [0.1, 0.15) is 5.75 Å². The lowest BCUT2D eigenvalue weighted by Gasteiger charge is -2.13. The monoisotopic (exact) mass is 269 g/mol. The van der Waals surface area contributed by atoms with Gasteiger partial charge < -0.3 is 9.64 Å². The molecule has 0 saturated carbocycles. The molecule has 0 spiro atoms. The predicted octanol–water partition coefficient (Wildman–Crippen LogP) is 4.04. The van der Waals surface area contributed by atoms with Gasteiger partial charge in [-0.2, -0.15) is 0 Å². The Morgan fingerprint density at radius 2 is 1.60 bits per heavy atom. The molecule has 0 aromatic heterocycles. The molecule has 106 valence electrons. The SMILES string of the molecule is COc1cc(C)c(-c2ccc(CN(C)C)cc2)cc1C. The summed E-state index contributed by atoms with van der Waals surface area (Å²) in [5.41, 5.74) is 6.29. The van der Waals surface area contributed by atoms with Crippen molar-refractivity contribution < 1.29 is 4.74 Å². The first kappa shape index (κ1) is 14.6. The Bertz CT molecular complexity index is 585. The van der Waals surface area contributed by atoms with E-state index in [-0.39, 0.29) is 0 Å². The standard InChI is InChI=1S/C18H23NO/c1-13-11-18(20-5)14(2)10-17(13)16-8-6-15(7-9-16)12-19(3)4/h6-11H,12H2,1-5H3. The Hall–Kier alpha value is -1.80. The fraction of sp³-hybridized carbons (Fsp3) is 0.333. The first-order valence-electron chi connectivity index (χ1n) is 6.90. The van der Waals surface area contributed by atoms with E-state index in [0.29, 0.717) is 0 Å². The predicted molar refractivity (Wildman–Crippen MR) is 85.3 cm³/mol. The van der Waals surface area contributed by atoms with Crippen LogP contribution >= 0.6 is 0 Å². The van der Waals surface area contributed by atoms with E-state index in [2.05, 4.69) is 69.2 Å². The van der Waals surface area contributed by atoms with E-state index in [1.54, 1.807) is 7.11 Å². The van der Waals surface area contributed by atoms with E-state index in [0.717, 1.165) is 12.3 Å². The maximum atomic E-state index is 5.37. The minimum Gasteiger partial charge on any atom is -0.496 e. The van der Waals surface area contributed by atoms with Crippen LogP contribution in [-0.2, 0) is 6.54 Å². The van der Waals surface area contributed by atoms with Gasteiger partial charge in [0.05, 0.1) is 7.11 Å². The molecule has 2 aromatic carbocycles. The molecule has 0 amide bonds. The van der Waals surface area contributed by atoms with Gasteiger partial charge in [-0.25, -0.2) is 0 Å². The fourth-order valence-electron chi connectivity index (χ4n) is 2.48. The highest BCUT2D eigenvalue weighted by atomic mass is 16.5. The Labute approximate surface area is 122 Å². The van der Waals surface area contributed by atoms with E-state index in [9.17, 15) is 0 Å². The van der Waals surface area contributed by atoms with E-state index in [1.807, 2.05) is 0 Å². The highest BCUT2D eigenvalue weighted by molar-refractivity contribution is 5.69. The maximum absolute atomic E-state index is 5.37. The van der Waals surface area contributed by atoms with Gasteiger partial charge in [0.25, 0.3) is 0 Å². The molecule has 2 aromatic rings. The van der Waals surface area contributed by atoms with Gasteiger partial charge in [0.15, 0.2) is 0 Å². The summed E-state index contributed by atoms with van der Waals surface area (Å²) in [6.45, 7) is 5.19. The van der Waals surface area contributed by atoms with Crippen molar-refractivity contribution in [3.05, 3.63) is 53.1 Å². The van der Waals surface area contributed by atoms with Gasteiger partial charge in [-0.05, 0) is 67.9 Å². The molecular weight excluding hydrogens is 246 g/mol. The van der Waals surface area contributed by atoms with Crippen molar-refractivity contribution in [2.45, 2.75) is 20.4 Å². The normalized spacial score (nSPS) is 10.9. The van der Waals surface area contributed by atoms with Gasteiger partial charge in [-0.15, -0.1) is 0 Å². The Balaban J connectivity index is 2.34. The molecule has 0 N–H and O–H groups in total. The lowest BCUT2D eigenvalue weighted by molar-refractivity contribution is 0.402. The van der Waals surface area contributed by atoms with Crippen molar-refractivity contribution >= 4 is 0 Å². The largest absolute Gasteiger partial charge is 0.496 e. The number of benzene rings is 2. The van der Waals surface area contributed by atoms with Crippen LogP contribution in [0.3, 0.4) is 0 Å². The summed E-state index contributed by atoms with van der Waals surface area (Å²) < 4.78 is 5.37. The molecule has 0 atom stereocenters. The summed E-state index contributed by atoms with van der Waals surface area (Å²) in [5, 5.41) is 0. The molecule has 0 heterocycles. The number of nitrogens with zero attached hydrogens (tertiary/aromatic N) is 1. The zero-order chi connectivity index (χ0) is 14.7. The van der Waals surface area contributed by atoms with Crippen LogP contribution in [-0.4, -0.2) is 26.1 Å². The summed E-state index contributed by atoms with van der Waals surface area (Å²) in [6.07, 6.45) is 0. The highest BCUT2D eigenvalue weighted by Gasteiger charge is 2.07. The van der Waals surface area contributed by atoms with Crippen molar-refractivity contribution in [2.75, 3.05) is 21.2 Å². The Morgan fingerprint density at radius 1 is 0.950 bits per heavy atom. The van der Waals surface area contributed by atoms with Gasteiger partial charge in [0, 0.05) is 6.54 Å². The summed E-state index contributed by atoms with van der Waals surface area (Å²) in [6, 6.07) is 13.1. The molecule has 0 unspecified atom stereocenters. The fourth-order valence-corrected chi connectivity index (χ4v) is 2.48. The second kappa shape index (κ2) is 6.10. The number of rotatable bonds is 4. The summed E-state index contributed by atoms with van der Waals surface area (Å²) in [5.74, 6) is 0.954. The van der Waals surface area contributed by atoms with Crippen molar-refractivity contribution in [1.82, 2.24) is 4.90 Å². The van der Waals surface area contributed by atoms with E-state index >= 15 is 0 Å². The van der Waals surface area contributed by atoms with Crippen LogP contribution in [0.25, 0.3) is 11.1 Å². The number of hydrogen-bond acceptors (Lipinski definition) is 2. The molecule has 0 saturated heterocycles. The molecule has 0 aliphatic rings. The van der Waals surface area contributed by atoms with Crippen molar-refractivity contribution in [2.24, 2.45) is 0 Å². The number of methoxy groups -OCH3 is 1. The van der Waals surface area contributed by atoms with Crippen LogP contribution < -0.4 is 4.74 Å². The zero-order valence-corrected chi connectivity index (χ0v) is 13.0. The molecule has 2 rings (SSSR count). The molecule has 20 heavy (non-hydrogen) atoms. The van der Waals surface area contributed by atoms with E-state index in [4.69, 9.17) is 4.74 Å². The summed E-state index contributed by atoms with van der Waals surface area (Å²) in [4.78, 5) is 2.18. The zero-order valence-electron chi connectivity index (χ0n) is 13.0. The third kappa shape index (κ3) is 3.20. The molecule has 2 nitrogen and oxygen atoms in total. The smallest absolute Gasteiger partial charge is 0.122 e. The lowest BCUT2D eigenvalue weighted by Crippen LogP contribution is -2.10. The van der Waals surface area contributed by atoms with E-state index in [1.165, 1.54) is 27.8 Å². The van der Waals surface area contributed by atoms with Crippen molar-refractivity contribution in [3.8, 4) is 16.9 Å². The van der Waals surface area contributed by atoms with Crippen LogP contribution in [0.2, 0.25) is 0 Å². The maximum Gasteiger partial charge on any atom is 0.122 e. The topological polar surface area (TPSA) is 12.5 Å². The quantitative estimate of drug-likeness (QED) is 0.830.